The summed E-state index contributed by atoms with van der Waals surface area (Å²) >= 11 is 0. The Labute approximate surface area is 95.6 Å². The van der Waals surface area contributed by atoms with Gasteiger partial charge in [0.05, 0.1) is 6.04 Å². The van der Waals surface area contributed by atoms with Crippen LogP contribution in [0.2, 0.25) is 0 Å². The van der Waals surface area contributed by atoms with Crippen LogP contribution in [-0.2, 0) is 4.79 Å². The van der Waals surface area contributed by atoms with Crippen molar-refractivity contribution in [3.8, 4) is 0 Å². The molecule has 0 N–H and O–H groups in total. The minimum absolute atomic E-state index is 0.272. The van der Waals surface area contributed by atoms with Crippen molar-refractivity contribution >= 4 is 5.91 Å². The lowest BCUT2D eigenvalue weighted by Gasteiger charge is -2.35. The van der Waals surface area contributed by atoms with Crippen LogP contribution in [0.5, 0.6) is 0 Å². The number of nitrogens with zero attached hydrogens (tertiary/aromatic N) is 2. The van der Waals surface area contributed by atoms with E-state index in [1.54, 1.807) is 0 Å². The van der Waals surface area contributed by atoms with Crippen molar-refractivity contribution in [1.82, 2.24) is 10.0 Å². The summed E-state index contributed by atoms with van der Waals surface area (Å²) in [5, 5.41) is 4.20. The second-order valence-corrected chi connectivity index (χ2v) is 4.52. The topological polar surface area (TPSA) is 23.6 Å². The molecule has 2 heterocycles. The number of hydrogen-bond donors (Lipinski definition) is 0. The lowest BCUT2D eigenvalue weighted by molar-refractivity contribution is -0.141. The molecule has 0 spiro atoms. The van der Waals surface area contributed by atoms with Gasteiger partial charge in [-0.25, -0.2) is 5.01 Å². The number of hydrogen-bond acceptors (Lipinski definition) is 2. The minimum atomic E-state index is 0.272. The van der Waals surface area contributed by atoms with Crippen LogP contribution in [0.25, 0.3) is 0 Å². The van der Waals surface area contributed by atoms with E-state index in [2.05, 4.69) is 17.1 Å². The van der Waals surface area contributed by atoms with E-state index in [9.17, 15) is 4.79 Å². The molecule has 0 aliphatic carbocycles. The maximum absolute atomic E-state index is 11.9. The second kappa shape index (κ2) is 3.91. The molecule has 0 saturated carbocycles. The average Bonchev–Trinajstić information content (AvgIpc) is 2.69. The monoisotopic (exact) mass is 216 g/mol. The molecule has 0 bridgehead atoms. The van der Waals surface area contributed by atoms with E-state index in [0.29, 0.717) is 6.42 Å². The molecule has 2 fully saturated rings. The van der Waals surface area contributed by atoms with E-state index in [-0.39, 0.29) is 11.9 Å². The fraction of sp³-hybridized carbons (Fsp3) is 0.462. The van der Waals surface area contributed by atoms with Crippen LogP contribution in [-0.4, -0.2) is 29.0 Å². The zero-order valence-electron chi connectivity index (χ0n) is 9.30. The van der Waals surface area contributed by atoms with Gasteiger partial charge in [-0.2, -0.15) is 0 Å². The van der Waals surface area contributed by atoms with Gasteiger partial charge in [0.2, 0.25) is 5.91 Å². The molecule has 1 aromatic rings. The van der Waals surface area contributed by atoms with Crippen molar-refractivity contribution in [2.24, 2.45) is 0 Å². The molecule has 0 unspecified atom stereocenters. The third kappa shape index (κ3) is 1.52. The van der Waals surface area contributed by atoms with Gasteiger partial charge in [0.1, 0.15) is 0 Å². The first-order valence-corrected chi connectivity index (χ1v) is 5.98. The molecule has 3 heteroatoms. The fourth-order valence-corrected chi connectivity index (χ4v) is 2.72. The molecule has 1 aromatic carbocycles. The summed E-state index contributed by atoms with van der Waals surface area (Å²) in [6.45, 7) is 1.92. The van der Waals surface area contributed by atoms with E-state index in [1.165, 1.54) is 12.0 Å². The normalized spacial score (nSPS) is 25.9. The Morgan fingerprint density at radius 1 is 1.06 bits per heavy atom. The summed E-state index contributed by atoms with van der Waals surface area (Å²) in [6.07, 6.45) is 2.99. The summed E-state index contributed by atoms with van der Waals surface area (Å²) < 4.78 is 0. The van der Waals surface area contributed by atoms with Crippen LogP contribution in [0.15, 0.2) is 30.3 Å². The summed E-state index contributed by atoms with van der Waals surface area (Å²) in [7, 11) is 0. The molecule has 1 atom stereocenters. The number of rotatable bonds is 1. The molecular weight excluding hydrogens is 200 g/mol. The summed E-state index contributed by atoms with van der Waals surface area (Å²) in [6, 6.07) is 10.6. The largest absolute Gasteiger partial charge is 0.275 e. The smallest absolute Gasteiger partial charge is 0.238 e. The van der Waals surface area contributed by atoms with Gasteiger partial charge in [0, 0.05) is 19.5 Å². The predicted molar refractivity (Wildman–Crippen MR) is 61.5 cm³/mol. The van der Waals surface area contributed by atoms with Crippen LogP contribution in [0, 0.1) is 0 Å². The lowest BCUT2D eigenvalue weighted by atomic mass is 10.0. The van der Waals surface area contributed by atoms with Gasteiger partial charge in [-0.3, -0.25) is 9.80 Å². The number of carbonyl (C=O) groups is 1. The highest BCUT2D eigenvalue weighted by Gasteiger charge is 2.39. The number of benzene rings is 1. The Morgan fingerprint density at radius 3 is 2.62 bits per heavy atom. The number of amides is 1. The zero-order chi connectivity index (χ0) is 11.0. The van der Waals surface area contributed by atoms with Gasteiger partial charge < -0.3 is 0 Å². The van der Waals surface area contributed by atoms with Crippen molar-refractivity contribution < 1.29 is 4.79 Å². The highest BCUT2D eigenvalue weighted by atomic mass is 16.2. The molecule has 1 amide bonds. The third-order valence-corrected chi connectivity index (χ3v) is 3.52. The molecule has 2 saturated heterocycles. The fourth-order valence-electron chi connectivity index (χ4n) is 2.72. The van der Waals surface area contributed by atoms with Crippen molar-refractivity contribution in [3.63, 3.8) is 0 Å². The van der Waals surface area contributed by atoms with Gasteiger partial charge in [0.25, 0.3) is 0 Å². The lowest BCUT2D eigenvalue weighted by Crippen LogP contribution is -2.44. The zero-order valence-corrected chi connectivity index (χ0v) is 9.30. The van der Waals surface area contributed by atoms with Crippen LogP contribution in [0.3, 0.4) is 0 Å². The van der Waals surface area contributed by atoms with Gasteiger partial charge in [-0.05, 0) is 18.4 Å². The van der Waals surface area contributed by atoms with Crippen LogP contribution in [0.1, 0.15) is 30.9 Å². The molecule has 16 heavy (non-hydrogen) atoms. The second-order valence-electron chi connectivity index (χ2n) is 4.52. The Morgan fingerprint density at radius 2 is 1.81 bits per heavy atom. The predicted octanol–water partition coefficient (Wildman–Crippen LogP) is 1.97. The number of hydrazine groups is 1. The first-order valence-electron chi connectivity index (χ1n) is 5.98. The van der Waals surface area contributed by atoms with Crippen molar-refractivity contribution in [3.05, 3.63) is 35.9 Å². The quantitative estimate of drug-likeness (QED) is 0.716. The van der Waals surface area contributed by atoms with Crippen LogP contribution < -0.4 is 0 Å². The van der Waals surface area contributed by atoms with Crippen molar-refractivity contribution in [1.29, 1.82) is 0 Å². The van der Waals surface area contributed by atoms with Gasteiger partial charge in [0.15, 0.2) is 0 Å². The van der Waals surface area contributed by atoms with E-state index >= 15 is 0 Å². The van der Waals surface area contributed by atoms with Crippen LogP contribution in [0.4, 0.5) is 0 Å². The Balaban J connectivity index is 1.89. The maximum Gasteiger partial charge on any atom is 0.238 e. The van der Waals surface area contributed by atoms with Gasteiger partial charge in [-0.1, -0.05) is 30.3 Å². The number of fused-ring (bicyclic) bond motifs is 1. The Kier molecular flexibility index (Phi) is 2.40. The average molecular weight is 216 g/mol. The molecule has 3 rings (SSSR count). The maximum atomic E-state index is 11.9. The first-order chi connectivity index (χ1) is 7.86. The highest BCUT2D eigenvalue weighted by molar-refractivity contribution is 5.78. The van der Waals surface area contributed by atoms with E-state index < -0.39 is 0 Å². The molecule has 0 aromatic heterocycles. The summed E-state index contributed by atoms with van der Waals surface area (Å²) in [5.74, 6) is 0.286. The first kappa shape index (κ1) is 9.85. The number of carbonyl (C=O) groups excluding carboxylic acids is 1. The highest BCUT2D eigenvalue weighted by Crippen LogP contribution is 2.35. The molecule has 84 valence electrons. The SMILES string of the molecule is O=C1C[C@@H](c2ccccc2)N2CCCCN12. The van der Waals surface area contributed by atoms with Crippen molar-refractivity contribution in [2.45, 2.75) is 25.3 Å². The Hall–Kier alpha value is -1.35. The molecular formula is C13H16N2O. The van der Waals surface area contributed by atoms with Gasteiger partial charge >= 0.3 is 0 Å². The molecule has 2 aliphatic rings. The summed E-state index contributed by atoms with van der Waals surface area (Å²) in [4.78, 5) is 11.9. The summed E-state index contributed by atoms with van der Waals surface area (Å²) in [5.41, 5.74) is 1.26. The van der Waals surface area contributed by atoms with E-state index in [4.69, 9.17) is 0 Å². The third-order valence-electron chi connectivity index (χ3n) is 3.52. The van der Waals surface area contributed by atoms with Gasteiger partial charge in [-0.15, -0.1) is 0 Å². The minimum Gasteiger partial charge on any atom is -0.275 e. The standard InChI is InChI=1S/C13H16N2O/c16-13-10-12(11-6-2-1-3-7-11)14-8-4-5-9-15(13)14/h1-3,6-7,12H,4-5,8-10H2/t12-/m0/s1. The van der Waals surface area contributed by atoms with E-state index in [0.717, 1.165) is 19.5 Å². The van der Waals surface area contributed by atoms with E-state index in [1.807, 2.05) is 23.2 Å². The molecule has 2 aliphatic heterocycles. The Bertz CT molecular complexity index is 390. The van der Waals surface area contributed by atoms with Crippen molar-refractivity contribution in [2.75, 3.05) is 13.1 Å². The molecule has 3 nitrogen and oxygen atoms in total. The molecule has 0 radical (unpaired) electrons. The van der Waals surface area contributed by atoms with Crippen LogP contribution >= 0.6 is 0 Å².